The van der Waals surface area contributed by atoms with Crippen molar-refractivity contribution in [2.45, 2.75) is 42.9 Å². The van der Waals surface area contributed by atoms with Gasteiger partial charge in [-0.2, -0.15) is 0 Å². The quantitative estimate of drug-likeness (QED) is 0.0470. The van der Waals surface area contributed by atoms with E-state index in [2.05, 4.69) is 25.5 Å². The predicted octanol–water partition coefficient (Wildman–Crippen LogP) is -1.74. The maximum Gasteiger partial charge on any atom is 0.350 e. The largest absolute Gasteiger partial charge is 0.543 e. The first-order valence-electron chi connectivity index (χ1n) is 12.7. The number of carboxylic acid groups (broad SMARTS) is 2. The van der Waals surface area contributed by atoms with E-state index >= 15 is 0 Å². The number of anilines is 2. The van der Waals surface area contributed by atoms with E-state index in [0.29, 0.717) is 16.5 Å². The lowest BCUT2D eigenvalue weighted by Crippen LogP contribution is -2.71. The van der Waals surface area contributed by atoms with Gasteiger partial charge in [0.15, 0.2) is 17.2 Å². The molecule has 20 heteroatoms. The minimum atomic E-state index is -1.78. The van der Waals surface area contributed by atoms with Gasteiger partial charge in [0.1, 0.15) is 17.1 Å². The molecule has 17 nitrogen and oxygen atoms in total. The molecule has 0 spiro atoms. The molecule has 3 aromatic rings. The van der Waals surface area contributed by atoms with Crippen LogP contribution in [0.4, 0.5) is 10.9 Å². The van der Waals surface area contributed by atoms with Crippen LogP contribution in [0.25, 0.3) is 5.65 Å². The van der Waals surface area contributed by atoms with Crippen LogP contribution < -0.4 is 26.4 Å². The number of aryl methyl sites for hydroxylation is 2. The number of oxime groups is 1. The smallest absolute Gasteiger partial charge is 0.350 e. The van der Waals surface area contributed by atoms with Crippen molar-refractivity contribution in [3.05, 3.63) is 34.2 Å². The van der Waals surface area contributed by atoms with E-state index in [1.54, 1.807) is 15.4 Å². The van der Waals surface area contributed by atoms with Crippen molar-refractivity contribution >= 4 is 80.9 Å². The number of nitrogens with zero attached hydrogens (tertiary/aromatic N) is 7. The standard InChI is InChI=1S/C24H26N10O7S3/c1-9-15(25)30-23(34-17(9)32(4)8-27-34)44-6-10-5-42-19-13(18(36)33(19)14(10)20(37)38)29-16(35)12(11-7-43-22(26)28-11)31-41-24(2,3)21(39)40/h7-8,13,19,25H,5-6H2,1-4H3,(H5,26,28,29,35,37,38,39,40)/b31-12-/t13?,19-/m0/s1. The number of nitrogen functional groups attached to an aromatic ring is 2. The van der Waals surface area contributed by atoms with E-state index < -0.39 is 46.5 Å². The van der Waals surface area contributed by atoms with Crippen LogP contribution in [0.5, 0.6) is 0 Å². The second kappa shape index (κ2) is 11.6. The van der Waals surface area contributed by atoms with E-state index in [1.807, 2.05) is 14.0 Å². The summed E-state index contributed by atoms with van der Waals surface area (Å²) in [5.41, 5.74) is 11.2. The van der Waals surface area contributed by atoms with Gasteiger partial charge < -0.3 is 36.6 Å². The molecular formula is C24H26N10O7S3. The minimum absolute atomic E-state index is 0.00554. The highest BCUT2D eigenvalue weighted by molar-refractivity contribution is 8.01. The van der Waals surface area contributed by atoms with Gasteiger partial charge in [-0.3, -0.25) is 14.5 Å². The van der Waals surface area contributed by atoms with Crippen LogP contribution in [0.15, 0.2) is 33.3 Å². The van der Waals surface area contributed by atoms with Gasteiger partial charge in [-0.25, -0.2) is 14.3 Å². The Morgan fingerprint density at radius 2 is 2.07 bits per heavy atom. The van der Waals surface area contributed by atoms with Crippen LogP contribution in [0, 0.1) is 6.92 Å². The summed E-state index contributed by atoms with van der Waals surface area (Å²) >= 11 is 3.47. The van der Waals surface area contributed by atoms with Crippen molar-refractivity contribution in [3.8, 4) is 0 Å². The zero-order chi connectivity index (χ0) is 32.1. The number of thioether (sulfide) groups is 2. The number of hydrogen-bond donors (Lipinski definition) is 4. The Labute approximate surface area is 261 Å². The summed E-state index contributed by atoms with van der Waals surface area (Å²) in [4.78, 5) is 64.8. The van der Waals surface area contributed by atoms with Gasteiger partial charge in [0, 0.05) is 16.9 Å². The van der Waals surface area contributed by atoms with E-state index in [1.165, 1.54) is 42.8 Å². The average Bonchev–Trinajstić information content (AvgIpc) is 3.57. The molecule has 1 unspecified atom stereocenters. The molecule has 2 amide bonds. The molecule has 2 aliphatic rings. The first-order valence-corrected chi connectivity index (χ1v) is 15.6. The number of aromatic nitrogens is 5. The first kappa shape index (κ1) is 31.0. The number of carbonyl (C=O) groups is 4. The van der Waals surface area contributed by atoms with Crippen LogP contribution in [0.2, 0.25) is 0 Å². The Balaban J connectivity index is 1.35. The van der Waals surface area contributed by atoms with Crippen molar-refractivity contribution < 1.29 is 38.7 Å². The normalized spacial score (nSPS) is 18.7. The zero-order valence-electron chi connectivity index (χ0n) is 23.6. The first-order chi connectivity index (χ1) is 20.7. The molecule has 5 rings (SSSR count). The highest BCUT2D eigenvalue weighted by atomic mass is 32.2. The van der Waals surface area contributed by atoms with Crippen molar-refractivity contribution in [1.29, 1.82) is 0 Å². The van der Waals surface area contributed by atoms with Gasteiger partial charge in [0.25, 0.3) is 17.5 Å². The van der Waals surface area contributed by atoms with Gasteiger partial charge >= 0.3 is 11.1 Å². The second-order valence-corrected chi connectivity index (χ2v) is 13.1. The molecule has 1 saturated heterocycles. The lowest BCUT2D eigenvalue weighted by atomic mass is 10.0. The molecule has 2 atom stereocenters. The third-order valence-corrected chi connectivity index (χ3v) is 9.78. The summed E-state index contributed by atoms with van der Waals surface area (Å²) < 4.78 is 3.39. The number of nitrogens with one attached hydrogen (secondary N) is 1. The van der Waals surface area contributed by atoms with Crippen LogP contribution in [-0.2, 0) is 31.1 Å². The van der Waals surface area contributed by atoms with Crippen molar-refractivity contribution in [2.24, 2.45) is 12.2 Å². The molecule has 0 aliphatic carbocycles. The number of thiazole rings is 1. The van der Waals surface area contributed by atoms with E-state index in [0.717, 1.165) is 27.4 Å². The number of hydrogen-bond acceptors (Lipinski definition) is 15. The molecule has 1 fully saturated rings. The third kappa shape index (κ3) is 5.50. The van der Waals surface area contributed by atoms with Crippen LogP contribution in [0.3, 0.4) is 0 Å². The Morgan fingerprint density at radius 3 is 2.70 bits per heavy atom. The number of fused-ring (bicyclic) bond motifs is 2. The maximum atomic E-state index is 13.3. The second-order valence-electron chi connectivity index (χ2n) is 10.2. The highest BCUT2D eigenvalue weighted by Gasteiger charge is 2.53. The average molecular weight is 663 g/mol. The Bertz CT molecular complexity index is 1780. The van der Waals surface area contributed by atoms with E-state index in [4.69, 9.17) is 16.3 Å². The molecule has 0 saturated carbocycles. The molecule has 6 N–H and O–H groups in total. The van der Waals surface area contributed by atoms with Gasteiger partial charge in [-0.1, -0.05) is 19.8 Å². The highest BCUT2D eigenvalue weighted by Crippen LogP contribution is 2.41. The van der Waals surface area contributed by atoms with Gasteiger partial charge in [-0.15, -0.1) is 23.1 Å². The zero-order valence-corrected chi connectivity index (χ0v) is 26.1. The van der Waals surface area contributed by atoms with Crippen molar-refractivity contribution in [1.82, 2.24) is 29.9 Å². The van der Waals surface area contributed by atoms with Gasteiger partial charge in [0.05, 0.1) is 24.3 Å². The summed E-state index contributed by atoms with van der Waals surface area (Å²) in [6.07, 6.45) is 1.60. The predicted molar refractivity (Wildman–Crippen MR) is 157 cm³/mol. The fourth-order valence-corrected chi connectivity index (χ4v) is 7.32. The lowest BCUT2D eigenvalue weighted by molar-refractivity contribution is -0.623. The van der Waals surface area contributed by atoms with Crippen LogP contribution >= 0.6 is 34.9 Å². The summed E-state index contributed by atoms with van der Waals surface area (Å²) in [6.45, 7) is 4.29. The number of aliphatic carboxylic acids is 2. The molecule has 5 heterocycles. The fourth-order valence-electron chi connectivity index (χ4n) is 4.34. The van der Waals surface area contributed by atoms with Crippen molar-refractivity contribution in [3.63, 3.8) is 0 Å². The monoisotopic (exact) mass is 662 g/mol. The molecule has 44 heavy (non-hydrogen) atoms. The van der Waals surface area contributed by atoms with E-state index in [9.17, 15) is 29.4 Å². The van der Waals surface area contributed by atoms with Crippen LogP contribution in [-0.4, -0.2) is 87.6 Å². The van der Waals surface area contributed by atoms with Gasteiger partial charge in [0.2, 0.25) is 11.4 Å². The minimum Gasteiger partial charge on any atom is -0.543 e. The molecular weight excluding hydrogens is 637 g/mol. The number of rotatable bonds is 10. The number of carbonyl (C=O) groups excluding carboxylic acids is 3. The number of amides is 2. The Kier molecular flexibility index (Phi) is 8.16. The SMILES string of the molecule is Cc1c(N)nc(SCC2=C(C(=O)[O-])N3C(=O)C(NC(=O)/C(=N\OC(C)(C)C(=O)O)c4csc(N)n4)[C@@H]3SC2)[n+]2ncn(C)c12. The number of carboxylic acids is 2. The maximum absolute atomic E-state index is 13.3. The molecule has 2 aliphatic heterocycles. The molecule has 0 aromatic carbocycles. The Morgan fingerprint density at radius 1 is 1.34 bits per heavy atom. The van der Waals surface area contributed by atoms with Crippen molar-refractivity contribution in [2.75, 3.05) is 23.0 Å². The molecule has 0 radical (unpaired) electrons. The number of nitrogens with two attached hydrogens (primary N) is 2. The fraction of sp³-hybridized carbons (Fsp3) is 0.375. The summed E-state index contributed by atoms with van der Waals surface area (Å²) in [5, 5.41) is 33.4. The van der Waals surface area contributed by atoms with Gasteiger partial charge in [-0.05, 0) is 38.1 Å². The van der Waals surface area contributed by atoms with Crippen LogP contribution in [0.1, 0.15) is 25.1 Å². The summed E-state index contributed by atoms with van der Waals surface area (Å²) in [7, 11) is 1.81. The number of β-lactam (4-membered cyclic amide) rings is 1. The molecule has 0 bridgehead atoms. The molecule has 3 aromatic heterocycles. The Hall–Kier alpha value is -4.43. The summed E-state index contributed by atoms with van der Waals surface area (Å²) in [6, 6.07) is -1.12. The van der Waals surface area contributed by atoms with E-state index in [-0.39, 0.29) is 28.0 Å². The lowest BCUT2D eigenvalue weighted by Gasteiger charge is -2.50. The summed E-state index contributed by atoms with van der Waals surface area (Å²) in [5.74, 6) is -3.77. The molecule has 232 valence electrons. The topological polar surface area (TPSA) is 248 Å². The third-order valence-electron chi connectivity index (χ3n) is 6.75.